The van der Waals surface area contributed by atoms with Crippen molar-refractivity contribution < 1.29 is 13.9 Å². The van der Waals surface area contributed by atoms with E-state index >= 15 is 0 Å². The van der Waals surface area contributed by atoms with Crippen LogP contribution in [-0.2, 0) is 11.3 Å². The summed E-state index contributed by atoms with van der Waals surface area (Å²) in [7, 11) is 1.62. The number of benzene rings is 2. The number of ether oxygens (including phenoxy) is 1. The van der Waals surface area contributed by atoms with E-state index in [0.717, 1.165) is 11.3 Å². The number of rotatable bonds is 7. The van der Waals surface area contributed by atoms with Gasteiger partial charge in [-0.25, -0.2) is 4.39 Å². The lowest BCUT2D eigenvalue weighted by Crippen LogP contribution is -2.23. The molecule has 1 unspecified atom stereocenters. The van der Waals surface area contributed by atoms with E-state index in [2.05, 4.69) is 31.4 Å². The molecule has 6 nitrogen and oxygen atoms in total. The molecule has 0 aliphatic carbocycles. The normalized spacial score (nSPS) is 11.9. The van der Waals surface area contributed by atoms with Crippen LogP contribution in [-0.4, -0.2) is 33.0 Å². The predicted octanol–water partition coefficient (Wildman–Crippen LogP) is 4.99. The maximum absolute atomic E-state index is 14.0. The zero-order chi connectivity index (χ0) is 21.0. The molecule has 2 aromatic carbocycles. The minimum atomic E-state index is -0.497. The third-order valence-electron chi connectivity index (χ3n) is 4.22. The number of aromatic nitrogens is 3. The molecule has 0 bridgehead atoms. The van der Waals surface area contributed by atoms with E-state index in [0.29, 0.717) is 22.0 Å². The topological polar surface area (TPSA) is 69.0 Å². The van der Waals surface area contributed by atoms with Gasteiger partial charge in [0.1, 0.15) is 11.6 Å². The van der Waals surface area contributed by atoms with Crippen molar-refractivity contribution in [2.75, 3.05) is 12.4 Å². The first kappa shape index (κ1) is 21.3. The van der Waals surface area contributed by atoms with Crippen molar-refractivity contribution in [2.45, 2.75) is 30.8 Å². The number of thioether (sulfide) groups is 1. The Morgan fingerprint density at radius 2 is 2.00 bits per heavy atom. The second-order valence-electron chi connectivity index (χ2n) is 6.15. The highest BCUT2D eigenvalue weighted by Gasteiger charge is 2.21. The minimum absolute atomic E-state index is 0.140. The van der Waals surface area contributed by atoms with E-state index < -0.39 is 11.1 Å². The van der Waals surface area contributed by atoms with Gasteiger partial charge in [0.05, 0.1) is 18.0 Å². The molecule has 0 saturated carbocycles. The zero-order valence-electron chi connectivity index (χ0n) is 16.1. The third kappa shape index (κ3) is 4.97. The molecule has 0 aliphatic heterocycles. The first-order valence-electron chi connectivity index (χ1n) is 8.93. The van der Waals surface area contributed by atoms with Gasteiger partial charge in [-0.05, 0) is 56.3 Å². The Balaban J connectivity index is 1.75. The van der Waals surface area contributed by atoms with E-state index in [1.54, 1.807) is 20.1 Å². The summed E-state index contributed by atoms with van der Waals surface area (Å²) in [5, 5.41) is 11.3. The second kappa shape index (κ2) is 9.41. The summed E-state index contributed by atoms with van der Waals surface area (Å²) in [5.74, 6) is 0.664. The van der Waals surface area contributed by atoms with Crippen LogP contribution in [0, 0.1) is 5.82 Å². The van der Waals surface area contributed by atoms with E-state index in [1.165, 1.54) is 23.9 Å². The summed E-state index contributed by atoms with van der Waals surface area (Å²) < 4.78 is 21.7. The fourth-order valence-corrected chi connectivity index (χ4v) is 3.90. The Morgan fingerprint density at radius 3 is 2.62 bits per heavy atom. The first-order valence-corrected chi connectivity index (χ1v) is 10.6. The molecular weight excluding hydrogens is 459 g/mol. The fraction of sp³-hybridized carbons (Fsp3) is 0.250. The van der Waals surface area contributed by atoms with Crippen LogP contribution in [0.5, 0.6) is 5.75 Å². The average molecular weight is 479 g/mol. The van der Waals surface area contributed by atoms with Gasteiger partial charge in [0, 0.05) is 16.6 Å². The van der Waals surface area contributed by atoms with Gasteiger partial charge in [-0.1, -0.05) is 27.7 Å². The zero-order valence-corrected chi connectivity index (χ0v) is 18.6. The van der Waals surface area contributed by atoms with Crippen molar-refractivity contribution >= 4 is 39.3 Å². The number of methoxy groups -OCH3 is 1. The molecule has 0 spiro atoms. The van der Waals surface area contributed by atoms with Gasteiger partial charge in [-0.15, -0.1) is 10.2 Å². The molecule has 1 aromatic heterocycles. The van der Waals surface area contributed by atoms with Crippen LogP contribution in [0.25, 0.3) is 11.4 Å². The third-order valence-corrected chi connectivity index (χ3v) is 5.80. The minimum Gasteiger partial charge on any atom is -0.497 e. The van der Waals surface area contributed by atoms with Crippen molar-refractivity contribution in [1.82, 2.24) is 14.8 Å². The SMILES string of the molecule is CCn1c(SC(C)C(=O)Nc2ccc(Br)cc2F)nnc1-c1ccc(OC)cc1. The number of nitrogens with one attached hydrogen (secondary N) is 1. The maximum atomic E-state index is 14.0. The standard InChI is InChI=1S/C20H20BrFN4O2S/c1-4-26-18(13-5-8-15(28-3)9-6-13)24-25-20(26)29-12(2)19(27)23-17-10-7-14(21)11-16(17)22/h5-12H,4H2,1-3H3,(H,23,27). The van der Waals surface area contributed by atoms with E-state index in [1.807, 2.05) is 35.8 Å². The number of anilines is 1. The molecule has 1 amide bonds. The highest BCUT2D eigenvalue weighted by molar-refractivity contribution is 9.10. The first-order chi connectivity index (χ1) is 13.9. The number of hydrogen-bond acceptors (Lipinski definition) is 5. The summed E-state index contributed by atoms with van der Waals surface area (Å²) in [6.45, 7) is 4.38. The van der Waals surface area contributed by atoms with Crippen LogP contribution >= 0.6 is 27.7 Å². The van der Waals surface area contributed by atoms with Crippen LogP contribution in [0.15, 0.2) is 52.1 Å². The summed E-state index contributed by atoms with van der Waals surface area (Å²) in [6.07, 6.45) is 0. The lowest BCUT2D eigenvalue weighted by molar-refractivity contribution is -0.115. The molecule has 0 aliphatic rings. The number of amides is 1. The monoisotopic (exact) mass is 478 g/mol. The van der Waals surface area contributed by atoms with Gasteiger partial charge < -0.3 is 14.6 Å². The van der Waals surface area contributed by atoms with Crippen LogP contribution in [0.4, 0.5) is 10.1 Å². The molecular formula is C20H20BrFN4O2S. The van der Waals surface area contributed by atoms with Crippen LogP contribution < -0.4 is 10.1 Å². The predicted molar refractivity (Wildman–Crippen MR) is 116 cm³/mol. The van der Waals surface area contributed by atoms with Gasteiger partial charge in [0.2, 0.25) is 5.91 Å². The van der Waals surface area contributed by atoms with Crippen LogP contribution in [0.3, 0.4) is 0 Å². The fourth-order valence-electron chi connectivity index (χ4n) is 2.65. The molecule has 152 valence electrons. The van der Waals surface area contributed by atoms with Crippen molar-refractivity contribution in [3.8, 4) is 17.1 Å². The molecule has 1 N–H and O–H groups in total. The number of hydrogen-bond donors (Lipinski definition) is 1. The average Bonchev–Trinajstić information content (AvgIpc) is 3.12. The summed E-state index contributed by atoms with van der Waals surface area (Å²) in [6, 6.07) is 12.0. The Hall–Kier alpha value is -2.39. The molecule has 0 radical (unpaired) electrons. The largest absolute Gasteiger partial charge is 0.497 e. The van der Waals surface area contributed by atoms with Crippen LogP contribution in [0.2, 0.25) is 0 Å². The molecule has 29 heavy (non-hydrogen) atoms. The Morgan fingerprint density at radius 1 is 1.28 bits per heavy atom. The number of carbonyl (C=O) groups excluding carboxylic acids is 1. The smallest absolute Gasteiger partial charge is 0.237 e. The highest BCUT2D eigenvalue weighted by atomic mass is 79.9. The van der Waals surface area contributed by atoms with E-state index in [9.17, 15) is 9.18 Å². The Kier molecular flexibility index (Phi) is 6.92. The molecule has 1 heterocycles. The van der Waals surface area contributed by atoms with Gasteiger partial charge in [-0.3, -0.25) is 4.79 Å². The lowest BCUT2D eigenvalue weighted by atomic mass is 10.2. The van der Waals surface area contributed by atoms with E-state index in [4.69, 9.17) is 4.74 Å². The molecule has 3 rings (SSSR count). The maximum Gasteiger partial charge on any atom is 0.237 e. The van der Waals surface area contributed by atoms with Crippen molar-refractivity contribution in [2.24, 2.45) is 0 Å². The highest BCUT2D eigenvalue weighted by Crippen LogP contribution is 2.28. The molecule has 1 atom stereocenters. The Labute approximate surface area is 181 Å². The molecule has 3 aromatic rings. The lowest BCUT2D eigenvalue weighted by Gasteiger charge is -2.13. The van der Waals surface area contributed by atoms with Gasteiger partial charge in [-0.2, -0.15) is 0 Å². The molecule has 0 saturated heterocycles. The summed E-state index contributed by atoms with van der Waals surface area (Å²) in [4.78, 5) is 12.5. The van der Waals surface area contributed by atoms with E-state index in [-0.39, 0.29) is 11.6 Å². The number of nitrogens with zero attached hydrogens (tertiary/aromatic N) is 3. The van der Waals surface area contributed by atoms with Crippen LogP contribution in [0.1, 0.15) is 13.8 Å². The van der Waals surface area contributed by atoms with Gasteiger partial charge in [0.25, 0.3) is 0 Å². The molecule has 9 heteroatoms. The number of halogens is 2. The number of carbonyl (C=O) groups is 1. The summed E-state index contributed by atoms with van der Waals surface area (Å²) >= 11 is 4.47. The summed E-state index contributed by atoms with van der Waals surface area (Å²) in [5.41, 5.74) is 1.04. The van der Waals surface area contributed by atoms with Gasteiger partial charge >= 0.3 is 0 Å². The second-order valence-corrected chi connectivity index (χ2v) is 8.38. The van der Waals surface area contributed by atoms with Gasteiger partial charge in [0.15, 0.2) is 11.0 Å². The van der Waals surface area contributed by atoms with Crippen molar-refractivity contribution in [1.29, 1.82) is 0 Å². The molecule has 0 fully saturated rings. The quantitative estimate of drug-likeness (QED) is 0.484. The van der Waals surface area contributed by atoms with Crippen molar-refractivity contribution in [3.05, 3.63) is 52.8 Å². The van der Waals surface area contributed by atoms with Crippen molar-refractivity contribution in [3.63, 3.8) is 0 Å². The Bertz CT molecular complexity index is 1010.